The van der Waals surface area contributed by atoms with Crippen molar-refractivity contribution in [1.29, 1.82) is 0 Å². The summed E-state index contributed by atoms with van der Waals surface area (Å²) < 4.78 is 6.93. The Morgan fingerprint density at radius 3 is 2.68 bits per heavy atom. The molecule has 0 radical (unpaired) electrons. The van der Waals surface area contributed by atoms with Crippen molar-refractivity contribution in [1.82, 2.24) is 20.0 Å². The van der Waals surface area contributed by atoms with Gasteiger partial charge in [-0.1, -0.05) is 0 Å². The van der Waals surface area contributed by atoms with Crippen molar-refractivity contribution in [3.05, 3.63) is 51.9 Å². The fourth-order valence-electron chi connectivity index (χ4n) is 3.36. The topological polar surface area (TPSA) is 105 Å². The van der Waals surface area contributed by atoms with Gasteiger partial charge in [0.25, 0.3) is 5.56 Å². The van der Waals surface area contributed by atoms with Gasteiger partial charge in [0.2, 0.25) is 5.91 Å². The van der Waals surface area contributed by atoms with Gasteiger partial charge in [0, 0.05) is 17.2 Å². The minimum absolute atomic E-state index is 0.00547. The van der Waals surface area contributed by atoms with Gasteiger partial charge in [-0.05, 0) is 38.1 Å². The number of aromatic nitrogens is 4. The second-order valence-electron chi connectivity index (χ2n) is 6.84. The smallest absolute Gasteiger partial charge is 0.270 e. The number of fused-ring (bicyclic) bond motifs is 1. The van der Waals surface area contributed by atoms with Crippen LogP contribution in [0.25, 0.3) is 11.3 Å². The van der Waals surface area contributed by atoms with Crippen LogP contribution in [0.3, 0.4) is 0 Å². The van der Waals surface area contributed by atoms with E-state index in [0.717, 1.165) is 22.6 Å². The van der Waals surface area contributed by atoms with E-state index in [2.05, 4.69) is 20.6 Å². The maximum atomic E-state index is 12.8. The van der Waals surface area contributed by atoms with Crippen LogP contribution >= 0.6 is 11.8 Å². The average molecular weight is 399 g/mol. The molecule has 4 rings (SSSR count). The number of methoxy groups -OCH3 is 1. The molecule has 1 atom stereocenters. The molecule has 146 valence electrons. The highest BCUT2D eigenvalue weighted by Gasteiger charge is 2.33. The molecule has 28 heavy (non-hydrogen) atoms. The molecule has 9 heteroatoms. The quantitative estimate of drug-likeness (QED) is 0.626. The molecule has 1 aliphatic heterocycles. The van der Waals surface area contributed by atoms with Crippen molar-refractivity contribution in [2.45, 2.75) is 25.1 Å². The molecule has 1 amide bonds. The van der Waals surface area contributed by atoms with Gasteiger partial charge in [-0.25, -0.2) is 0 Å². The lowest BCUT2D eigenvalue weighted by atomic mass is 10.0. The van der Waals surface area contributed by atoms with Gasteiger partial charge in [-0.15, -0.1) is 11.8 Å². The molecule has 1 aliphatic rings. The average Bonchev–Trinajstić information content (AvgIpc) is 3.24. The van der Waals surface area contributed by atoms with Crippen LogP contribution in [0, 0.1) is 0 Å². The summed E-state index contributed by atoms with van der Waals surface area (Å²) in [6.45, 7) is 3.91. The van der Waals surface area contributed by atoms with Crippen LogP contribution in [0.5, 0.6) is 5.75 Å². The molecule has 0 unspecified atom stereocenters. The first-order valence-corrected chi connectivity index (χ1v) is 9.98. The molecule has 3 N–H and O–H groups in total. The molecule has 3 aromatic rings. The molecule has 0 saturated carbocycles. The predicted octanol–water partition coefficient (Wildman–Crippen LogP) is 2.93. The molecule has 2 aromatic heterocycles. The second-order valence-corrected chi connectivity index (χ2v) is 7.93. The second kappa shape index (κ2) is 7.23. The van der Waals surface area contributed by atoms with Crippen LogP contribution in [0.2, 0.25) is 0 Å². The molecule has 1 aromatic carbocycles. The number of anilines is 1. The van der Waals surface area contributed by atoms with Crippen LogP contribution < -0.4 is 15.6 Å². The normalized spacial score (nSPS) is 16.6. The summed E-state index contributed by atoms with van der Waals surface area (Å²) in [6.07, 6.45) is 1.73. The number of benzene rings is 1. The third kappa shape index (κ3) is 3.11. The first-order chi connectivity index (χ1) is 13.5. The molecular weight excluding hydrogens is 378 g/mol. The Bertz CT molecular complexity index is 1060. The molecule has 8 nitrogen and oxygen atoms in total. The van der Waals surface area contributed by atoms with E-state index >= 15 is 0 Å². The van der Waals surface area contributed by atoms with E-state index in [1.54, 1.807) is 18.0 Å². The lowest BCUT2D eigenvalue weighted by molar-refractivity contribution is -0.113. The summed E-state index contributed by atoms with van der Waals surface area (Å²) in [5.41, 5.74) is 2.95. The van der Waals surface area contributed by atoms with Crippen LogP contribution in [-0.4, -0.2) is 38.7 Å². The summed E-state index contributed by atoms with van der Waals surface area (Å²) in [7, 11) is 1.62. The Morgan fingerprint density at radius 2 is 2.00 bits per heavy atom. The van der Waals surface area contributed by atoms with Crippen molar-refractivity contribution >= 4 is 23.5 Å². The van der Waals surface area contributed by atoms with Crippen molar-refractivity contribution in [3.63, 3.8) is 0 Å². The first-order valence-electron chi connectivity index (χ1n) is 8.93. The number of hydrogen-bond acceptors (Lipinski definition) is 5. The maximum Gasteiger partial charge on any atom is 0.270 e. The number of aromatic amines is 2. The number of hydrogen-bond donors (Lipinski definition) is 3. The minimum Gasteiger partial charge on any atom is -0.497 e. The highest BCUT2D eigenvalue weighted by atomic mass is 32.2. The first kappa shape index (κ1) is 18.4. The fraction of sp³-hybridized carbons (Fsp3) is 0.316. The largest absolute Gasteiger partial charge is 0.497 e. The SMILES string of the molecule is COc1ccc(-c2[nH]ncc2[C@H]2SCC(=O)Nc3c2c(=O)[nH]n3C(C)C)cc1. The van der Waals surface area contributed by atoms with E-state index in [9.17, 15) is 9.59 Å². The lowest BCUT2D eigenvalue weighted by Crippen LogP contribution is -2.17. The highest BCUT2D eigenvalue weighted by Crippen LogP contribution is 2.43. The van der Waals surface area contributed by atoms with Crippen molar-refractivity contribution in [2.24, 2.45) is 0 Å². The van der Waals surface area contributed by atoms with Crippen molar-refractivity contribution in [3.8, 4) is 17.0 Å². The Labute approximate surface area is 165 Å². The molecule has 0 aliphatic carbocycles. The van der Waals surface area contributed by atoms with Gasteiger partial charge in [0.05, 0.1) is 35.6 Å². The summed E-state index contributed by atoms with van der Waals surface area (Å²) in [5, 5.41) is 12.7. The molecule has 0 saturated heterocycles. The van der Waals surface area contributed by atoms with Gasteiger partial charge in [-0.3, -0.25) is 24.5 Å². The van der Waals surface area contributed by atoms with Gasteiger partial charge >= 0.3 is 0 Å². The number of rotatable bonds is 4. The predicted molar refractivity (Wildman–Crippen MR) is 109 cm³/mol. The van der Waals surface area contributed by atoms with Crippen LogP contribution in [0.15, 0.2) is 35.3 Å². The highest BCUT2D eigenvalue weighted by molar-refractivity contribution is 8.00. The zero-order valence-electron chi connectivity index (χ0n) is 15.8. The van der Waals surface area contributed by atoms with Crippen LogP contribution in [-0.2, 0) is 4.79 Å². The zero-order chi connectivity index (χ0) is 19.8. The van der Waals surface area contributed by atoms with E-state index in [-0.39, 0.29) is 28.5 Å². The maximum absolute atomic E-state index is 12.8. The number of carbonyl (C=O) groups excluding carboxylic acids is 1. The number of amides is 1. The zero-order valence-corrected chi connectivity index (χ0v) is 16.6. The fourth-order valence-corrected chi connectivity index (χ4v) is 4.49. The molecule has 0 spiro atoms. The number of nitrogens with one attached hydrogen (secondary N) is 3. The number of thioether (sulfide) groups is 1. The van der Waals surface area contributed by atoms with E-state index in [0.29, 0.717) is 11.4 Å². The van der Waals surface area contributed by atoms with Crippen LogP contribution in [0.1, 0.15) is 36.3 Å². The Kier molecular flexibility index (Phi) is 4.76. The number of H-pyrrole nitrogens is 2. The molecular formula is C19H21N5O3S. The van der Waals surface area contributed by atoms with E-state index < -0.39 is 0 Å². The molecule has 0 fully saturated rings. The standard InChI is InChI=1S/C19H21N5O3S/c1-10(2)24-18-15(19(26)23-24)17(28-9-14(25)21-18)13-8-20-22-16(13)11-4-6-12(27-3)7-5-11/h4-8,10,17H,9H2,1-3H3,(H,20,22)(H,21,25)(H,23,26)/t17-/m1/s1. The summed E-state index contributed by atoms with van der Waals surface area (Å²) in [6, 6.07) is 7.62. The third-order valence-electron chi connectivity index (χ3n) is 4.71. The Hall–Kier alpha value is -2.94. The number of carbonyl (C=O) groups is 1. The lowest BCUT2D eigenvalue weighted by Gasteiger charge is -2.15. The van der Waals surface area contributed by atoms with Crippen molar-refractivity contribution in [2.75, 3.05) is 18.2 Å². The van der Waals surface area contributed by atoms with E-state index in [1.165, 1.54) is 11.8 Å². The van der Waals surface area contributed by atoms with Crippen LogP contribution in [0.4, 0.5) is 5.82 Å². The van der Waals surface area contributed by atoms with Gasteiger partial charge in [0.15, 0.2) is 0 Å². The molecule has 0 bridgehead atoms. The van der Waals surface area contributed by atoms with E-state index in [4.69, 9.17) is 4.74 Å². The van der Waals surface area contributed by atoms with Gasteiger partial charge in [0.1, 0.15) is 11.6 Å². The van der Waals surface area contributed by atoms with Gasteiger partial charge < -0.3 is 10.1 Å². The van der Waals surface area contributed by atoms with E-state index in [1.807, 2.05) is 38.1 Å². The summed E-state index contributed by atoms with van der Waals surface area (Å²) in [5.74, 6) is 1.42. The Morgan fingerprint density at radius 1 is 1.25 bits per heavy atom. The minimum atomic E-state index is -0.325. The summed E-state index contributed by atoms with van der Waals surface area (Å²) in [4.78, 5) is 25.1. The number of nitrogens with zero attached hydrogens (tertiary/aromatic N) is 2. The van der Waals surface area contributed by atoms with Gasteiger partial charge in [-0.2, -0.15) is 5.10 Å². The number of ether oxygens (including phenoxy) is 1. The van der Waals surface area contributed by atoms with Crippen molar-refractivity contribution < 1.29 is 9.53 Å². The summed E-state index contributed by atoms with van der Waals surface area (Å²) >= 11 is 1.42. The molecule has 3 heterocycles. The monoisotopic (exact) mass is 399 g/mol. The third-order valence-corrected chi connectivity index (χ3v) is 5.96. The Balaban J connectivity index is 1.84.